The summed E-state index contributed by atoms with van der Waals surface area (Å²) in [5, 5.41) is 0. The molecule has 5 rings (SSSR count). The van der Waals surface area contributed by atoms with Crippen molar-refractivity contribution < 1.29 is 33.3 Å². The number of rotatable bonds is 3. The Hall–Kier alpha value is -3.60. The maximum atomic E-state index is 12.6. The Morgan fingerprint density at radius 1 is 0.600 bits per heavy atom. The molecule has 177 valence electrons. The van der Waals surface area contributed by atoms with E-state index in [1.54, 1.807) is 12.4 Å². The molecule has 0 bridgehead atoms. The predicted molar refractivity (Wildman–Crippen MR) is 127 cm³/mol. The van der Waals surface area contributed by atoms with Crippen LogP contribution in [-0.2, 0) is 26.3 Å². The van der Waals surface area contributed by atoms with Crippen LogP contribution in [0.5, 0.6) is 0 Å². The summed E-state index contributed by atoms with van der Waals surface area (Å²) in [5.41, 5.74) is 4.41. The minimum absolute atomic E-state index is 0. The van der Waals surface area contributed by atoms with E-state index in [9.17, 15) is 13.2 Å². The van der Waals surface area contributed by atoms with Crippen LogP contribution >= 0.6 is 0 Å². The number of hydrogen-bond acceptors (Lipinski definition) is 2. The third kappa shape index (κ3) is 7.19. The minimum Gasteiger partial charge on any atom is -0.305 e. The van der Waals surface area contributed by atoms with Crippen LogP contribution in [0.4, 0.5) is 13.2 Å². The molecule has 0 aliphatic carbocycles. The van der Waals surface area contributed by atoms with Crippen LogP contribution in [0.1, 0.15) is 5.56 Å². The van der Waals surface area contributed by atoms with E-state index in [0.717, 1.165) is 34.5 Å². The number of aromatic nitrogens is 2. The first-order chi connectivity index (χ1) is 16.5. The fraction of sp³-hybridized carbons (Fsp3) is 0.0345. The number of nitrogens with zero attached hydrogens (tertiary/aromatic N) is 2. The molecule has 3 aromatic carbocycles. The Morgan fingerprint density at radius 3 is 1.94 bits per heavy atom. The van der Waals surface area contributed by atoms with E-state index in [1.807, 2.05) is 84.9 Å². The quantitative estimate of drug-likeness (QED) is 0.188. The summed E-state index contributed by atoms with van der Waals surface area (Å²) in [4.78, 5) is 8.43. The molecule has 0 unspecified atom stereocenters. The Kier molecular flexibility index (Phi) is 9.07. The van der Waals surface area contributed by atoms with Gasteiger partial charge in [-0.1, -0.05) is 48.5 Å². The van der Waals surface area contributed by atoms with Gasteiger partial charge < -0.3 is 9.97 Å². The summed E-state index contributed by atoms with van der Waals surface area (Å²) in [7, 11) is 0. The molecule has 0 fully saturated rings. The van der Waals surface area contributed by atoms with Crippen LogP contribution < -0.4 is 0 Å². The molecule has 35 heavy (non-hydrogen) atoms. The second-order valence-electron chi connectivity index (χ2n) is 7.28. The summed E-state index contributed by atoms with van der Waals surface area (Å²) in [6, 6.07) is 36.3. The molecule has 0 saturated heterocycles. The van der Waals surface area contributed by atoms with Gasteiger partial charge >= 0.3 is 6.18 Å². The van der Waals surface area contributed by atoms with Gasteiger partial charge in [-0.05, 0) is 40.2 Å². The Balaban J connectivity index is 0.000000223. The Morgan fingerprint density at radius 2 is 1.31 bits per heavy atom. The van der Waals surface area contributed by atoms with Gasteiger partial charge in [0.15, 0.2) is 0 Å². The number of benzene rings is 3. The molecule has 1 radical (unpaired) electrons. The van der Waals surface area contributed by atoms with Crippen molar-refractivity contribution in [3.8, 4) is 33.6 Å². The normalized spacial score (nSPS) is 10.5. The second kappa shape index (κ2) is 12.2. The maximum Gasteiger partial charge on any atom is 0.381 e. The van der Waals surface area contributed by atoms with Crippen LogP contribution in [0.15, 0.2) is 116 Å². The molecule has 0 saturated carbocycles. The topological polar surface area (TPSA) is 25.8 Å². The van der Waals surface area contributed by atoms with Crippen molar-refractivity contribution in [3.05, 3.63) is 133 Å². The van der Waals surface area contributed by atoms with Crippen molar-refractivity contribution in [2.24, 2.45) is 0 Å². The molecular formula is C29H19F3IrN2-2. The van der Waals surface area contributed by atoms with Crippen molar-refractivity contribution in [2.75, 3.05) is 0 Å². The SMILES string of the molecule is FC(F)(F)c1c[c-]c(-c2cc(-c3ccccc3)ccn2)cc1.[Ir].[c-]1ccccc1-c1ccccn1. The first-order valence-electron chi connectivity index (χ1n) is 10.5. The van der Waals surface area contributed by atoms with E-state index in [4.69, 9.17) is 0 Å². The largest absolute Gasteiger partial charge is 0.381 e. The number of pyridine rings is 2. The van der Waals surface area contributed by atoms with Crippen LogP contribution in [-0.4, -0.2) is 9.97 Å². The van der Waals surface area contributed by atoms with Gasteiger partial charge in [0.25, 0.3) is 0 Å². The summed E-state index contributed by atoms with van der Waals surface area (Å²) in [5.74, 6) is 0. The van der Waals surface area contributed by atoms with Gasteiger partial charge in [0.05, 0.1) is 0 Å². The number of halogens is 3. The number of hydrogen-bond donors (Lipinski definition) is 0. The summed E-state index contributed by atoms with van der Waals surface area (Å²) in [6.45, 7) is 0. The first kappa shape index (κ1) is 26.0. The zero-order valence-electron chi connectivity index (χ0n) is 18.3. The summed E-state index contributed by atoms with van der Waals surface area (Å²) >= 11 is 0. The van der Waals surface area contributed by atoms with Gasteiger partial charge in [0.1, 0.15) is 0 Å². The fourth-order valence-electron chi connectivity index (χ4n) is 3.22. The van der Waals surface area contributed by atoms with Gasteiger partial charge in [-0.25, -0.2) is 0 Å². The smallest absolute Gasteiger partial charge is 0.305 e. The van der Waals surface area contributed by atoms with Crippen molar-refractivity contribution in [2.45, 2.75) is 6.18 Å². The molecule has 0 aliphatic rings. The van der Waals surface area contributed by atoms with E-state index in [1.165, 1.54) is 6.07 Å². The standard InChI is InChI=1S/C18H11F3N.C11H8N.Ir/c19-18(20,21)16-8-6-14(7-9-16)17-12-15(10-11-22-17)13-4-2-1-3-5-13;1-2-6-10(7-3-1)11-8-4-5-9-12-11;/h1-6,8-12H;1-6,8-9H;/q2*-1;. The van der Waals surface area contributed by atoms with Crippen molar-refractivity contribution in [1.29, 1.82) is 0 Å². The summed E-state index contributed by atoms with van der Waals surface area (Å²) < 4.78 is 37.7. The fourth-order valence-corrected chi connectivity index (χ4v) is 3.22. The van der Waals surface area contributed by atoms with Gasteiger partial charge in [-0.2, -0.15) is 13.2 Å². The van der Waals surface area contributed by atoms with Gasteiger partial charge in [-0.15, -0.1) is 65.7 Å². The third-order valence-corrected chi connectivity index (χ3v) is 4.93. The molecule has 6 heteroatoms. The zero-order valence-corrected chi connectivity index (χ0v) is 20.7. The van der Waals surface area contributed by atoms with Crippen molar-refractivity contribution >= 4 is 0 Å². The molecule has 2 aromatic heterocycles. The molecule has 0 spiro atoms. The van der Waals surface area contributed by atoms with E-state index in [-0.39, 0.29) is 20.1 Å². The predicted octanol–water partition coefficient (Wildman–Crippen LogP) is 7.78. The van der Waals surface area contributed by atoms with Gasteiger partial charge in [0, 0.05) is 32.5 Å². The number of alkyl halides is 3. The minimum atomic E-state index is -4.35. The van der Waals surface area contributed by atoms with Gasteiger partial charge in [-0.3, -0.25) is 0 Å². The van der Waals surface area contributed by atoms with E-state index >= 15 is 0 Å². The molecular weight excluding hydrogens is 626 g/mol. The Bertz CT molecular complexity index is 1270. The molecule has 0 amide bonds. The van der Waals surface area contributed by atoms with Crippen molar-refractivity contribution in [1.82, 2.24) is 9.97 Å². The first-order valence-corrected chi connectivity index (χ1v) is 10.5. The molecule has 5 aromatic rings. The molecule has 0 N–H and O–H groups in total. The molecule has 2 nitrogen and oxygen atoms in total. The monoisotopic (exact) mass is 645 g/mol. The maximum absolute atomic E-state index is 12.6. The van der Waals surface area contributed by atoms with Crippen LogP contribution in [0.2, 0.25) is 0 Å². The van der Waals surface area contributed by atoms with Gasteiger partial charge in [0.2, 0.25) is 0 Å². The Labute approximate surface area is 215 Å². The van der Waals surface area contributed by atoms with Crippen LogP contribution in [0.25, 0.3) is 33.6 Å². The van der Waals surface area contributed by atoms with Crippen LogP contribution in [0, 0.1) is 12.1 Å². The van der Waals surface area contributed by atoms with Crippen molar-refractivity contribution in [3.63, 3.8) is 0 Å². The second-order valence-corrected chi connectivity index (χ2v) is 7.28. The van der Waals surface area contributed by atoms with E-state index in [2.05, 4.69) is 22.1 Å². The zero-order chi connectivity index (χ0) is 23.8. The van der Waals surface area contributed by atoms with Crippen LogP contribution in [0.3, 0.4) is 0 Å². The average molecular weight is 645 g/mol. The average Bonchev–Trinajstić information content (AvgIpc) is 2.90. The van der Waals surface area contributed by atoms with E-state index in [0.29, 0.717) is 11.3 Å². The molecule has 2 heterocycles. The molecule has 0 aliphatic heterocycles. The molecule has 0 atom stereocenters. The van der Waals surface area contributed by atoms with E-state index < -0.39 is 11.7 Å². The summed E-state index contributed by atoms with van der Waals surface area (Å²) in [6.07, 6.45) is -0.923. The third-order valence-electron chi connectivity index (χ3n) is 4.93.